The highest BCUT2D eigenvalue weighted by Gasteiger charge is 2.32. The van der Waals surface area contributed by atoms with Gasteiger partial charge in [0.25, 0.3) is 5.91 Å². The Kier molecular flexibility index (Phi) is 4.02. The number of hydrogen-bond acceptors (Lipinski definition) is 2. The monoisotopic (exact) mass is 365 g/mol. The molecule has 108 valence electrons. The second kappa shape index (κ2) is 5.79. The summed E-state index contributed by atoms with van der Waals surface area (Å²) in [5.41, 5.74) is 2.52. The van der Waals surface area contributed by atoms with Gasteiger partial charge in [0, 0.05) is 16.5 Å². The van der Waals surface area contributed by atoms with Gasteiger partial charge in [-0.2, -0.15) is 0 Å². The van der Waals surface area contributed by atoms with Crippen LogP contribution in [0.2, 0.25) is 5.02 Å². The summed E-state index contributed by atoms with van der Waals surface area (Å²) >= 11 is 9.30. The van der Waals surface area contributed by atoms with Gasteiger partial charge in [0.15, 0.2) is 0 Å². The molecular formula is C16H13BrClNO2. The van der Waals surface area contributed by atoms with Crippen LogP contribution in [0.1, 0.15) is 27.5 Å². The minimum Gasteiger partial charge on any atom is -0.390 e. The van der Waals surface area contributed by atoms with Crippen LogP contribution in [0, 0.1) is 0 Å². The fourth-order valence-electron chi connectivity index (χ4n) is 2.61. The molecule has 1 aliphatic rings. The number of rotatable bonds is 2. The zero-order chi connectivity index (χ0) is 15.0. The molecular weight excluding hydrogens is 354 g/mol. The van der Waals surface area contributed by atoms with Crippen molar-refractivity contribution in [1.29, 1.82) is 0 Å². The topological polar surface area (TPSA) is 49.3 Å². The molecule has 2 atom stereocenters. The van der Waals surface area contributed by atoms with E-state index in [9.17, 15) is 9.90 Å². The first kappa shape index (κ1) is 14.6. The summed E-state index contributed by atoms with van der Waals surface area (Å²) in [6, 6.07) is 12.4. The zero-order valence-corrected chi connectivity index (χ0v) is 13.4. The fraction of sp³-hybridized carbons (Fsp3) is 0.188. The van der Waals surface area contributed by atoms with Gasteiger partial charge in [0.1, 0.15) is 0 Å². The summed E-state index contributed by atoms with van der Waals surface area (Å²) in [4.78, 5) is 12.3. The molecule has 5 heteroatoms. The zero-order valence-electron chi connectivity index (χ0n) is 11.0. The molecule has 0 aromatic heterocycles. The minimum absolute atomic E-state index is 0.245. The van der Waals surface area contributed by atoms with Gasteiger partial charge in [-0.1, -0.05) is 35.9 Å². The molecule has 0 heterocycles. The second-order valence-corrected chi connectivity index (χ2v) is 6.31. The van der Waals surface area contributed by atoms with Crippen LogP contribution in [-0.2, 0) is 6.42 Å². The standard InChI is InChI=1S/C16H13BrClNO2/c17-12-6-5-10(7-13(12)18)16(21)19-15-11-4-2-1-3-9(11)8-14(15)20/h1-7,14-15,20H,8H2,(H,19,21)/t14-,15+/m0/s1. The van der Waals surface area contributed by atoms with E-state index in [2.05, 4.69) is 21.2 Å². The molecule has 0 saturated carbocycles. The third-order valence-electron chi connectivity index (χ3n) is 3.67. The van der Waals surface area contributed by atoms with Crippen LogP contribution in [0.25, 0.3) is 0 Å². The van der Waals surface area contributed by atoms with Gasteiger partial charge < -0.3 is 10.4 Å². The Morgan fingerprint density at radius 2 is 2.05 bits per heavy atom. The number of carbonyl (C=O) groups excluding carboxylic acids is 1. The van der Waals surface area contributed by atoms with Crippen molar-refractivity contribution in [1.82, 2.24) is 5.32 Å². The predicted octanol–water partition coefficient (Wildman–Crippen LogP) is 3.49. The fourth-order valence-corrected chi connectivity index (χ4v) is 3.04. The number of carbonyl (C=O) groups is 1. The molecule has 3 nitrogen and oxygen atoms in total. The molecule has 0 radical (unpaired) electrons. The summed E-state index contributed by atoms with van der Waals surface area (Å²) in [5.74, 6) is -0.245. The second-order valence-electron chi connectivity index (χ2n) is 5.05. The van der Waals surface area contributed by atoms with Crippen LogP contribution in [0.15, 0.2) is 46.9 Å². The van der Waals surface area contributed by atoms with Gasteiger partial charge in [-0.25, -0.2) is 0 Å². The van der Waals surface area contributed by atoms with E-state index in [-0.39, 0.29) is 11.9 Å². The third kappa shape index (κ3) is 2.84. The Morgan fingerprint density at radius 1 is 1.29 bits per heavy atom. The van der Waals surface area contributed by atoms with E-state index < -0.39 is 6.10 Å². The largest absolute Gasteiger partial charge is 0.390 e. The maximum atomic E-state index is 12.3. The molecule has 1 aliphatic carbocycles. The van der Waals surface area contributed by atoms with Crippen molar-refractivity contribution in [3.63, 3.8) is 0 Å². The SMILES string of the molecule is O=C(N[C@@H]1c2ccccc2C[C@@H]1O)c1ccc(Br)c(Cl)c1. The van der Waals surface area contributed by atoms with Gasteiger partial charge in [-0.15, -0.1) is 0 Å². The van der Waals surface area contributed by atoms with Crippen molar-refractivity contribution in [2.24, 2.45) is 0 Å². The van der Waals surface area contributed by atoms with Gasteiger partial charge in [0.2, 0.25) is 0 Å². The van der Waals surface area contributed by atoms with E-state index in [0.717, 1.165) is 15.6 Å². The van der Waals surface area contributed by atoms with Gasteiger partial charge in [-0.05, 0) is 45.3 Å². The molecule has 0 saturated heterocycles. The molecule has 2 aromatic rings. The Labute approximate surface area is 136 Å². The Hall–Kier alpha value is -1.36. The highest BCUT2D eigenvalue weighted by atomic mass is 79.9. The molecule has 21 heavy (non-hydrogen) atoms. The first-order chi connectivity index (χ1) is 10.1. The maximum Gasteiger partial charge on any atom is 0.251 e. The van der Waals surface area contributed by atoms with Crippen molar-refractivity contribution in [2.45, 2.75) is 18.6 Å². The number of aliphatic hydroxyl groups is 1. The molecule has 0 unspecified atom stereocenters. The van der Waals surface area contributed by atoms with Crippen LogP contribution >= 0.6 is 27.5 Å². The van der Waals surface area contributed by atoms with Crippen molar-refractivity contribution >= 4 is 33.4 Å². The van der Waals surface area contributed by atoms with E-state index >= 15 is 0 Å². The lowest BCUT2D eigenvalue weighted by molar-refractivity contribution is 0.0858. The molecule has 1 amide bonds. The Bertz CT molecular complexity index is 704. The third-order valence-corrected chi connectivity index (χ3v) is 4.90. The summed E-state index contributed by atoms with van der Waals surface area (Å²) < 4.78 is 0.743. The van der Waals surface area contributed by atoms with Crippen LogP contribution in [0.5, 0.6) is 0 Å². The number of nitrogens with one attached hydrogen (secondary N) is 1. The molecule has 3 rings (SSSR count). The molecule has 2 aromatic carbocycles. The van der Waals surface area contributed by atoms with Crippen molar-refractivity contribution in [2.75, 3.05) is 0 Å². The van der Waals surface area contributed by atoms with Crippen LogP contribution in [0.4, 0.5) is 0 Å². The average molecular weight is 367 g/mol. The van der Waals surface area contributed by atoms with E-state index in [1.165, 1.54) is 0 Å². The summed E-state index contributed by atoms with van der Waals surface area (Å²) in [6.07, 6.45) is -0.0420. The Balaban J connectivity index is 1.83. The summed E-state index contributed by atoms with van der Waals surface area (Å²) in [5, 5.41) is 13.5. The summed E-state index contributed by atoms with van der Waals surface area (Å²) in [6.45, 7) is 0. The lowest BCUT2D eigenvalue weighted by Crippen LogP contribution is -2.33. The highest BCUT2D eigenvalue weighted by Crippen LogP contribution is 2.31. The lowest BCUT2D eigenvalue weighted by atomic mass is 10.1. The minimum atomic E-state index is -0.600. The van der Waals surface area contributed by atoms with Crippen molar-refractivity contribution in [3.8, 4) is 0 Å². The number of benzene rings is 2. The Morgan fingerprint density at radius 3 is 2.81 bits per heavy atom. The number of fused-ring (bicyclic) bond motifs is 1. The smallest absolute Gasteiger partial charge is 0.251 e. The first-order valence-electron chi connectivity index (χ1n) is 6.58. The molecule has 2 N–H and O–H groups in total. The number of aliphatic hydroxyl groups excluding tert-OH is 1. The van der Waals surface area contributed by atoms with Gasteiger partial charge in [0.05, 0.1) is 17.2 Å². The van der Waals surface area contributed by atoms with Crippen LogP contribution in [0.3, 0.4) is 0 Å². The maximum absolute atomic E-state index is 12.3. The predicted molar refractivity (Wildman–Crippen MR) is 85.5 cm³/mol. The van der Waals surface area contributed by atoms with Gasteiger partial charge in [-0.3, -0.25) is 4.79 Å². The van der Waals surface area contributed by atoms with E-state index in [1.807, 2.05) is 24.3 Å². The molecule has 0 aliphatic heterocycles. The van der Waals surface area contributed by atoms with Gasteiger partial charge >= 0.3 is 0 Å². The summed E-state index contributed by atoms with van der Waals surface area (Å²) in [7, 11) is 0. The van der Waals surface area contributed by atoms with E-state index in [0.29, 0.717) is 17.0 Å². The lowest BCUT2D eigenvalue weighted by Gasteiger charge is -2.18. The average Bonchev–Trinajstić information content (AvgIpc) is 2.78. The van der Waals surface area contributed by atoms with Crippen molar-refractivity contribution < 1.29 is 9.90 Å². The number of amides is 1. The number of halogens is 2. The first-order valence-corrected chi connectivity index (χ1v) is 7.75. The molecule has 0 spiro atoms. The van der Waals surface area contributed by atoms with Crippen LogP contribution < -0.4 is 5.32 Å². The quantitative estimate of drug-likeness (QED) is 0.855. The normalized spacial score (nSPS) is 20.1. The van der Waals surface area contributed by atoms with Crippen molar-refractivity contribution in [3.05, 3.63) is 68.7 Å². The van der Waals surface area contributed by atoms with Crippen LogP contribution in [-0.4, -0.2) is 17.1 Å². The molecule has 0 fully saturated rings. The van der Waals surface area contributed by atoms with E-state index in [4.69, 9.17) is 11.6 Å². The molecule has 0 bridgehead atoms. The van der Waals surface area contributed by atoms with E-state index in [1.54, 1.807) is 18.2 Å². The highest BCUT2D eigenvalue weighted by molar-refractivity contribution is 9.10. The number of hydrogen-bond donors (Lipinski definition) is 2.